The van der Waals surface area contributed by atoms with Crippen molar-refractivity contribution in [3.05, 3.63) is 107 Å². The topological polar surface area (TPSA) is 42.2 Å². The Bertz CT molecular complexity index is 1100. The van der Waals surface area contributed by atoms with Crippen LogP contribution in [0.15, 0.2) is 83.5 Å². The summed E-state index contributed by atoms with van der Waals surface area (Å²) in [5, 5.41) is 3.62. The predicted octanol–water partition coefficient (Wildman–Crippen LogP) is 6.14. The highest BCUT2D eigenvalue weighted by molar-refractivity contribution is 6.07. The van der Waals surface area contributed by atoms with Crippen LogP contribution in [0.5, 0.6) is 0 Å². The molecule has 0 saturated heterocycles. The molecule has 1 aromatic heterocycles. The van der Waals surface area contributed by atoms with Gasteiger partial charge in [0, 0.05) is 17.2 Å². The fraction of sp³-hybridized carbons (Fsp3) is 0.160. The molecule has 2 aromatic carbocycles. The molecule has 144 valence electrons. The van der Waals surface area contributed by atoms with Gasteiger partial charge in [-0.15, -0.1) is 0 Å². The molecule has 4 heteroatoms. The van der Waals surface area contributed by atoms with Crippen molar-refractivity contribution in [2.45, 2.75) is 18.4 Å². The lowest BCUT2D eigenvalue weighted by atomic mass is 9.76. The molecule has 1 aliphatic carbocycles. The second-order valence-electron chi connectivity index (χ2n) is 7.54. The van der Waals surface area contributed by atoms with Crippen LogP contribution in [0.25, 0.3) is 6.08 Å². The van der Waals surface area contributed by atoms with Crippen LogP contribution in [0, 0.1) is 11.7 Å². The molecule has 2 heterocycles. The van der Waals surface area contributed by atoms with Crippen molar-refractivity contribution in [2.24, 2.45) is 5.92 Å². The maximum atomic E-state index is 13.4. The molecule has 1 N–H and O–H groups in total. The summed E-state index contributed by atoms with van der Waals surface area (Å²) in [6, 6.07) is 16.3. The van der Waals surface area contributed by atoms with Crippen molar-refractivity contribution in [3.8, 4) is 0 Å². The van der Waals surface area contributed by atoms with E-state index in [1.165, 1.54) is 12.1 Å². The molecule has 0 amide bonds. The van der Waals surface area contributed by atoms with Crippen molar-refractivity contribution in [1.82, 2.24) is 0 Å². The zero-order chi connectivity index (χ0) is 19.8. The molecular formula is C25H20FNO2. The Morgan fingerprint density at radius 1 is 1.14 bits per heavy atom. The number of anilines is 1. The number of ketones is 1. The molecule has 0 spiro atoms. The van der Waals surface area contributed by atoms with Gasteiger partial charge in [-0.25, -0.2) is 4.39 Å². The third kappa shape index (κ3) is 3.31. The number of nitrogens with one attached hydrogen (secondary N) is 1. The largest absolute Gasteiger partial charge is 0.465 e. The first-order chi connectivity index (χ1) is 14.2. The number of fused-ring (bicyclic) bond motifs is 3. The number of rotatable bonds is 4. The highest BCUT2D eigenvalue weighted by Gasteiger charge is 2.38. The van der Waals surface area contributed by atoms with Crippen LogP contribution < -0.4 is 5.32 Å². The highest BCUT2D eigenvalue weighted by atomic mass is 19.1. The third-order valence-electron chi connectivity index (χ3n) is 5.82. The Labute approximate surface area is 168 Å². The maximum Gasteiger partial charge on any atom is 0.185 e. The summed E-state index contributed by atoms with van der Waals surface area (Å²) in [5.74, 6) is 0.958. The summed E-state index contributed by atoms with van der Waals surface area (Å²) in [7, 11) is 0. The van der Waals surface area contributed by atoms with Crippen LogP contribution in [0.1, 0.15) is 45.6 Å². The van der Waals surface area contributed by atoms with Crippen molar-refractivity contribution >= 4 is 17.5 Å². The number of carbonyl (C=O) groups is 1. The average Bonchev–Trinajstić information content (AvgIpc) is 3.44. The van der Waals surface area contributed by atoms with Gasteiger partial charge in [0.1, 0.15) is 11.6 Å². The predicted molar refractivity (Wildman–Crippen MR) is 111 cm³/mol. The van der Waals surface area contributed by atoms with Crippen LogP contribution in [-0.4, -0.2) is 5.78 Å². The fourth-order valence-corrected chi connectivity index (χ4v) is 4.39. The van der Waals surface area contributed by atoms with Crippen molar-refractivity contribution in [2.75, 3.05) is 5.32 Å². The van der Waals surface area contributed by atoms with E-state index < -0.39 is 0 Å². The highest BCUT2D eigenvalue weighted by Crippen LogP contribution is 2.49. The smallest absolute Gasteiger partial charge is 0.185 e. The van der Waals surface area contributed by atoms with E-state index in [2.05, 4.69) is 17.5 Å². The van der Waals surface area contributed by atoms with Crippen molar-refractivity contribution in [1.29, 1.82) is 0 Å². The lowest BCUT2D eigenvalue weighted by Crippen LogP contribution is -2.29. The molecular weight excluding hydrogens is 365 g/mol. The molecule has 3 aromatic rings. The molecule has 0 fully saturated rings. The minimum atomic E-state index is -0.225. The van der Waals surface area contributed by atoms with Gasteiger partial charge < -0.3 is 9.73 Å². The SMILES string of the molecule is O=C(/C=C/c1ccco1)c1ccc2c(c1)C1C=CCC1C(c1ccc(F)cc1)N2. The van der Waals surface area contributed by atoms with Gasteiger partial charge in [-0.05, 0) is 78.1 Å². The normalized spacial score (nSPS) is 22.3. The number of hydrogen-bond donors (Lipinski definition) is 1. The lowest BCUT2D eigenvalue weighted by Gasteiger charge is -2.37. The van der Waals surface area contributed by atoms with Gasteiger partial charge in [-0.2, -0.15) is 0 Å². The fourth-order valence-electron chi connectivity index (χ4n) is 4.39. The van der Waals surface area contributed by atoms with E-state index >= 15 is 0 Å². The first-order valence-electron chi connectivity index (χ1n) is 9.77. The van der Waals surface area contributed by atoms with Crippen LogP contribution >= 0.6 is 0 Å². The van der Waals surface area contributed by atoms with Crippen LogP contribution in [0.4, 0.5) is 10.1 Å². The van der Waals surface area contributed by atoms with E-state index in [9.17, 15) is 9.18 Å². The van der Waals surface area contributed by atoms with Gasteiger partial charge >= 0.3 is 0 Å². The summed E-state index contributed by atoms with van der Waals surface area (Å²) >= 11 is 0. The molecule has 0 bridgehead atoms. The molecule has 0 radical (unpaired) electrons. The van der Waals surface area contributed by atoms with Crippen LogP contribution in [0.3, 0.4) is 0 Å². The Kier molecular flexibility index (Phi) is 4.39. The number of carbonyl (C=O) groups excluding carboxylic acids is 1. The van der Waals surface area contributed by atoms with E-state index in [1.54, 1.807) is 24.5 Å². The molecule has 3 unspecified atom stereocenters. The second-order valence-corrected chi connectivity index (χ2v) is 7.54. The molecule has 1 aliphatic heterocycles. The van der Waals surface area contributed by atoms with Gasteiger partial charge in [-0.3, -0.25) is 4.79 Å². The van der Waals surface area contributed by atoms with Crippen LogP contribution in [0.2, 0.25) is 0 Å². The minimum absolute atomic E-state index is 0.0524. The van der Waals surface area contributed by atoms with Gasteiger partial charge in [-0.1, -0.05) is 24.3 Å². The summed E-state index contributed by atoms with van der Waals surface area (Å²) in [5.41, 5.74) is 3.91. The van der Waals surface area contributed by atoms with E-state index in [4.69, 9.17) is 4.42 Å². The van der Waals surface area contributed by atoms with E-state index in [1.807, 2.05) is 36.4 Å². The number of hydrogen-bond acceptors (Lipinski definition) is 3. The van der Waals surface area contributed by atoms with Gasteiger partial charge in [0.05, 0.1) is 12.3 Å². The average molecular weight is 385 g/mol. The van der Waals surface area contributed by atoms with Crippen molar-refractivity contribution < 1.29 is 13.6 Å². The van der Waals surface area contributed by atoms with E-state index in [0.717, 1.165) is 23.2 Å². The maximum absolute atomic E-state index is 13.4. The lowest BCUT2D eigenvalue weighted by molar-refractivity contribution is 0.104. The Morgan fingerprint density at radius 2 is 2.00 bits per heavy atom. The number of benzene rings is 2. The quantitative estimate of drug-likeness (QED) is 0.333. The Balaban J connectivity index is 1.45. The van der Waals surface area contributed by atoms with E-state index in [-0.39, 0.29) is 23.6 Å². The minimum Gasteiger partial charge on any atom is -0.465 e. The monoisotopic (exact) mass is 385 g/mol. The Hall–Kier alpha value is -3.40. The summed E-state index contributed by atoms with van der Waals surface area (Å²) < 4.78 is 18.6. The zero-order valence-corrected chi connectivity index (χ0v) is 15.7. The first kappa shape index (κ1) is 17.7. The van der Waals surface area contributed by atoms with Gasteiger partial charge in [0.25, 0.3) is 0 Å². The molecule has 0 saturated carbocycles. The zero-order valence-electron chi connectivity index (χ0n) is 15.7. The molecule has 3 nitrogen and oxygen atoms in total. The Morgan fingerprint density at radius 3 is 2.79 bits per heavy atom. The van der Waals surface area contributed by atoms with Crippen LogP contribution in [-0.2, 0) is 0 Å². The van der Waals surface area contributed by atoms with Gasteiger partial charge in [0.2, 0.25) is 0 Å². The number of allylic oxidation sites excluding steroid dienone is 3. The molecule has 29 heavy (non-hydrogen) atoms. The molecule has 3 atom stereocenters. The number of halogens is 1. The number of furan rings is 1. The third-order valence-corrected chi connectivity index (χ3v) is 5.82. The second kappa shape index (κ2) is 7.21. The molecule has 2 aliphatic rings. The summed E-state index contributed by atoms with van der Waals surface area (Å²) in [4.78, 5) is 12.6. The van der Waals surface area contributed by atoms with E-state index in [0.29, 0.717) is 17.2 Å². The summed E-state index contributed by atoms with van der Waals surface area (Å²) in [6.45, 7) is 0. The summed E-state index contributed by atoms with van der Waals surface area (Å²) in [6.07, 6.45) is 10.2. The standard InChI is InChI=1S/C25H20FNO2/c26-18-9-6-16(7-10-18)25-21-5-1-4-20(21)22-15-17(8-12-23(22)27-25)24(28)13-11-19-3-2-14-29-19/h1-4,6-15,20-21,25,27H,5H2/b13-11+. The van der Waals surface area contributed by atoms with Crippen molar-refractivity contribution in [3.63, 3.8) is 0 Å². The van der Waals surface area contributed by atoms with Gasteiger partial charge in [0.15, 0.2) is 5.78 Å². The first-order valence-corrected chi connectivity index (χ1v) is 9.77. The molecule has 5 rings (SSSR count).